The summed E-state index contributed by atoms with van der Waals surface area (Å²) in [6, 6.07) is 0. The SMILES string of the molecule is COC(=O)c1nn(C)c(C)c1NC(=O)C1CCC(C(C)(C)C)CC1. The average Bonchev–Trinajstić information content (AvgIpc) is 2.81. The Bertz CT molecular complexity index is 620. The molecule has 0 aromatic carbocycles. The lowest BCUT2D eigenvalue weighted by atomic mass is 9.69. The molecule has 24 heavy (non-hydrogen) atoms. The van der Waals surface area contributed by atoms with Crippen molar-refractivity contribution in [2.45, 2.75) is 53.4 Å². The lowest BCUT2D eigenvalue weighted by Gasteiger charge is -2.36. The molecule has 0 atom stereocenters. The number of rotatable bonds is 3. The minimum Gasteiger partial charge on any atom is -0.464 e. The van der Waals surface area contributed by atoms with Crippen LogP contribution in [0.3, 0.4) is 0 Å². The van der Waals surface area contributed by atoms with E-state index in [1.54, 1.807) is 11.7 Å². The van der Waals surface area contributed by atoms with E-state index < -0.39 is 5.97 Å². The number of nitrogens with zero attached hydrogens (tertiary/aromatic N) is 2. The highest BCUT2D eigenvalue weighted by Gasteiger charge is 2.33. The lowest BCUT2D eigenvalue weighted by molar-refractivity contribution is -0.121. The zero-order chi connectivity index (χ0) is 18.1. The smallest absolute Gasteiger partial charge is 0.360 e. The average molecular weight is 335 g/mol. The normalized spacial score (nSPS) is 21.4. The van der Waals surface area contributed by atoms with Crippen molar-refractivity contribution in [2.24, 2.45) is 24.3 Å². The molecule has 6 nitrogen and oxygen atoms in total. The van der Waals surface area contributed by atoms with Gasteiger partial charge < -0.3 is 10.1 Å². The molecule has 1 aliphatic carbocycles. The number of aromatic nitrogens is 2. The van der Waals surface area contributed by atoms with Crippen LogP contribution in [0, 0.1) is 24.2 Å². The fraction of sp³-hybridized carbons (Fsp3) is 0.722. The highest BCUT2D eigenvalue weighted by molar-refractivity contribution is 6.01. The Labute approximate surface area is 143 Å². The highest BCUT2D eigenvalue weighted by atomic mass is 16.5. The number of hydrogen-bond acceptors (Lipinski definition) is 4. The molecule has 6 heteroatoms. The monoisotopic (exact) mass is 335 g/mol. The second kappa shape index (κ2) is 6.95. The summed E-state index contributed by atoms with van der Waals surface area (Å²) in [5.74, 6) is 0.0927. The van der Waals surface area contributed by atoms with Crippen molar-refractivity contribution in [1.29, 1.82) is 0 Å². The maximum Gasteiger partial charge on any atom is 0.360 e. The van der Waals surface area contributed by atoms with Crippen LogP contribution < -0.4 is 5.32 Å². The zero-order valence-corrected chi connectivity index (χ0v) is 15.6. The summed E-state index contributed by atoms with van der Waals surface area (Å²) in [5.41, 5.74) is 1.66. The third-order valence-corrected chi connectivity index (χ3v) is 5.28. The van der Waals surface area contributed by atoms with Crippen LogP contribution in [0.15, 0.2) is 0 Å². The van der Waals surface area contributed by atoms with Gasteiger partial charge in [-0.05, 0) is 43.9 Å². The molecule has 0 saturated heterocycles. The molecule has 0 spiro atoms. The number of nitrogens with one attached hydrogen (secondary N) is 1. The number of methoxy groups -OCH3 is 1. The molecule has 0 unspecified atom stereocenters. The van der Waals surface area contributed by atoms with Gasteiger partial charge in [0.1, 0.15) is 0 Å². The van der Waals surface area contributed by atoms with Crippen LogP contribution in [0.4, 0.5) is 5.69 Å². The van der Waals surface area contributed by atoms with Crippen molar-refractivity contribution >= 4 is 17.6 Å². The number of hydrogen-bond donors (Lipinski definition) is 1. The predicted molar refractivity (Wildman–Crippen MR) is 92.8 cm³/mol. The highest BCUT2D eigenvalue weighted by Crippen LogP contribution is 2.40. The van der Waals surface area contributed by atoms with Gasteiger partial charge in [-0.3, -0.25) is 9.48 Å². The molecule has 1 saturated carbocycles. The van der Waals surface area contributed by atoms with Crippen molar-refractivity contribution in [1.82, 2.24) is 9.78 Å². The van der Waals surface area contributed by atoms with Gasteiger partial charge in [0, 0.05) is 13.0 Å². The van der Waals surface area contributed by atoms with Gasteiger partial charge in [0.05, 0.1) is 18.5 Å². The molecule has 1 aromatic rings. The molecule has 1 amide bonds. The Balaban J connectivity index is 2.07. The largest absolute Gasteiger partial charge is 0.464 e. The number of aryl methyl sites for hydroxylation is 1. The number of amides is 1. The molecular weight excluding hydrogens is 306 g/mol. The quantitative estimate of drug-likeness (QED) is 0.860. The molecule has 1 N–H and O–H groups in total. The molecule has 1 aliphatic rings. The second-order valence-corrected chi connectivity index (χ2v) is 7.83. The first-order chi connectivity index (χ1) is 11.1. The number of ether oxygens (including phenoxy) is 1. The Morgan fingerprint density at radius 2 is 1.79 bits per heavy atom. The van der Waals surface area contributed by atoms with E-state index in [1.807, 2.05) is 6.92 Å². The lowest BCUT2D eigenvalue weighted by Crippen LogP contribution is -2.31. The molecule has 0 aliphatic heterocycles. The standard InChI is InChI=1S/C18H29N3O3/c1-11-14(15(17(23)24-6)20-21(11)5)19-16(22)12-7-9-13(10-8-12)18(2,3)4/h12-13H,7-10H2,1-6H3,(H,19,22). The van der Waals surface area contributed by atoms with E-state index >= 15 is 0 Å². The van der Waals surface area contributed by atoms with E-state index in [-0.39, 0.29) is 17.5 Å². The Morgan fingerprint density at radius 3 is 2.29 bits per heavy atom. The van der Waals surface area contributed by atoms with Crippen LogP contribution in [-0.4, -0.2) is 28.8 Å². The number of carbonyl (C=O) groups excluding carboxylic acids is 2. The van der Waals surface area contributed by atoms with Crippen molar-refractivity contribution in [3.05, 3.63) is 11.4 Å². The number of anilines is 1. The number of esters is 1. The van der Waals surface area contributed by atoms with E-state index in [1.165, 1.54) is 7.11 Å². The Kier molecular flexibility index (Phi) is 5.35. The van der Waals surface area contributed by atoms with Gasteiger partial charge in [-0.15, -0.1) is 0 Å². The van der Waals surface area contributed by atoms with Crippen LogP contribution in [0.1, 0.15) is 62.6 Å². The fourth-order valence-electron chi connectivity index (χ4n) is 3.44. The van der Waals surface area contributed by atoms with Crippen LogP contribution in [-0.2, 0) is 16.6 Å². The summed E-state index contributed by atoms with van der Waals surface area (Å²) in [5, 5.41) is 7.07. The summed E-state index contributed by atoms with van der Waals surface area (Å²) in [6.45, 7) is 8.62. The molecule has 1 heterocycles. The summed E-state index contributed by atoms with van der Waals surface area (Å²) in [4.78, 5) is 24.5. The van der Waals surface area contributed by atoms with Gasteiger partial charge in [0.2, 0.25) is 5.91 Å². The zero-order valence-electron chi connectivity index (χ0n) is 15.6. The van der Waals surface area contributed by atoms with Gasteiger partial charge in [-0.2, -0.15) is 5.10 Å². The number of carbonyl (C=O) groups is 2. The van der Waals surface area contributed by atoms with Crippen LogP contribution >= 0.6 is 0 Å². The minimum atomic E-state index is -0.537. The summed E-state index contributed by atoms with van der Waals surface area (Å²) >= 11 is 0. The first kappa shape index (κ1) is 18.5. The fourth-order valence-corrected chi connectivity index (χ4v) is 3.44. The van der Waals surface area contributed by atoms with Gasteiger partial charge in [-0.25, -0.2) is 4.79 Å². The van der Waals surface area contributed by atoms with Gasteiger partial charge >= 0.3 is 5.97 Å². The van der Waals surface area contributed by atoms with Crippen LogP contribution in [0.5, 0.6) is 0 Å². The molecule has 2 rings (SSSR count). The molecule has 134 valence electrons. The van der Waals surface area contributed by atoms with Crippen molar-refractivity contribution in [3.63, 3.8) is 0 Å². The minimum absolute atomic E-state index is 0.00583. The Morgan fingerprint density at radius 1 is 1.21 bits per heavy atom. The molecule has 0 bridgehead atoms. The maximum atomic E-state index is 12.6. The van der Waals surface area contributed by atoms with E-state index in [0.717, 1.165) is 31.4 Å². The van der Waals surface area contributed by atoms with Crippen molar-refractivity contribution in [3.8, 4) is 0 Å². The topological polar surface area (TPSA) is 73.2 Å². The summed E-state index contributed by atoms with van der Waals surface area (Å²) in [6.07, 6.45) is 3.91. The second-order valence-electron chi connectivity index (χ2n) is 7.83. The Hall–Kier alpha value is -1.85. The van der Waals surface area contributed by atoms with Gasteiger partial charge in [0.15, 0.2) is 5.69 Å². The van der Waals surface area contributed by atoms with Gasteiger partial charge in [-0.1, -0.05) is 20.8 Å². The summed E-state index contributed by atoms with van der Waals surface area (Å²) < 4.78 is 6.34. The van der Waals surface area contributed by atoms with Crippen LogP contribution in [0.2, 0.25) is 0 Å². The first-order valence-electron chi connectivity index (χ1n) is 8.58. The van der Waals surface area contributed by atoms with Crippen LogP contribution in [0.25, 0.3) is 0 Å². The van der Waals surface area contributed by atoms with E-state index in [0.29, 0.717) is 17.0 Å². The maximum absolute atomic E-state index is 12.6. The third-order valence-electron chi connectivity index (χ3n) is 5.28. The molecule has 1 aromatic heterocycles. The third kappa shape index (κ3) is 3.79. The summed E-state index contributed by atoms with van der Waals surface area (Å²) in [7, 11) is 3.05. The molecule has 1 fully saturated rings. The van der Waals surface area contributed by atoms with E-state index in [4.69, 9.17) is 4.74 Å². The first-order valence-corrected chi connectivity index (χ1v) is 8.58. The van der Waals surface area contributed by atoms with Crippen molar-refractivity contribution in [2.75, 3.05) is 12.4 Å². The molecular formula is C18H29N3O3. The van der Waals surface area contributed by atoms with Gasteiger partial charge in [0.25, 0.3) is 0 Å². The van der Waals surface area contributed by atoms with Crippen molar-refractivity contribution < 1.29 is 14.3 Å². The predicted octanol–water partition coefficient (Wildman–Crippen LogP) is 3.31. The molecule has 0 radical (unpaired) electrons. The van der Waals surface area contributed by atoms with E-state index in [9.17, 15) is 9.59 Å². The van der Waals surface area contributed by atoms with E-state index in [2.05, 4.69) is 31.2 Å².